The quantitative estimate of drug-likeness (QED) is 0.176. The molecule has 0 saturated carbocycles. The molecular formula is C19H39NaO6S. The number of aliphatic hydroxyl groups is 1. The Morgan fingerprint density at radius 1 is 0.852 bits per heavy atom. The van der Waals surface area contributed by atoms with Gasteiger partial charge < -0.3 is 19.1 Å². The molecule has 8 heteroatoms. The molecule has 0 radical (unpaired) electrons. The van der Waals surface area contributed by atoms with Crippen LogP contribution in [0, 0.1) is 5.92 Å². The smallest absolute Gasteiger partial charge is 0.748 e. The summed E-state index contributed by atoms with van der Waals surface area (Å²) in [5.41, 5.74) is 0. The topological polar surface area (TPSA) is 95.9 Å². The predicted octanol–water partition coefficient (Wildman–Crippen LogP) is 0.488. The third-order valence-electron chi connectivity index (χ3n) is 4.45. The summed E-state index contributed by atoms with van der Waals surface area (Å²) < 4.78 is 43.3. The van der Waals surface area contributed by atoms with Crippen LogP contribution in [0.25, 0.3) is 0 Å². The number of hydrogen-bond acceptors (Lipinski definition) is 6. The standard InChI is InChI=1S/C19H40O6S.Na/c1-2-3-4-5-6-7-8-9-10-11-19(12-17-26(21,22)23)18-25-16-15-24-14-13-20;/h19-20H,2-18H2,1H3,(H,21,22,23);/q;+1/p-1. The van der Waals surface area contributed by atoms with E-state index < -0.39 is 10.1 Å². The van der Waals surface area contributed by atoms with Gasteiger partial charge in [-0.05, 0) is 18.8 Å². The molecule has 0 aliphatic heterocycles. The van der Waals surface area contributed by atoms with Gasteiger partial charge in [0.25, 0.3) is 0 Å². The van der Waals surface area contributed by atoms with Crippen LogP contribution in [-0.4, -0.2) is 56.9 Å². The molecule has 1 unspecified atom stereocenters. The third-order valence-corrected chi connectivity index (χ3v) is 5.19. The fourth-order valence-electron chi connectivity index (χ4n) is 2.90. The van der Waals surface area contributed by atoms with Crippen molar-refractivity contribution in [3.05, 3.63) is 0 Å². The fourth-order valence-corrected chi connectivity index (χ4v) is 3.52. The number of hydrogen-bond donors (Lipinski definition) is 1. The molecule has 0 amide bonds. The van der Waals surface area contributed by atoms with E-state index in [0.717, 1.165) is 19.3 Å². The van der Waals surface area contributed by atoms with Crippen molar-refractivity contribution in [2.24, 2.45) is 5.92 Å². The summed E-state index contributed by atoms with van der Waals surface area (Å²) in [4.78, 5) is 0. The van der Waals surface area contributed by atoms with Gasteiger partial charge in [-0.25, -0.2) is 8.42 Å². The number of rotatable bonds is 20. The van der Waals surface area contributed by atoms with Gasteiger partial charge in [-0.15, -0.1) is 0 Å². The molecule has 1 atom stereocenters. The maximum atomic E-state index is 10.9. The van der Waals surface area contributed by atoms with Crippen LogP contribution >= 0.6 is 0 Å². The Morgan fingerprint density at radius 2 is 1.41 bits per heavy atom. The van der Waals surface area contributed by atoms with Gasteiger partial charge in [-0.2, -0.15) is 0 Å². The molecule has 0 aromatic carbocycles. The average molecular weight is 419 g/mol. The van der Waals surface area contributed by atoms with E-state index in [1.807, 2.05) is 0 Å². The summed E-state index contributed by atoms with van der Waals surface area (Å²) >= 11 is 0. The molecule has 0 bridgehead atoms. The van der Waals surface area contributed by atoms with E-state index in [0.29, 0.717) is 32.8 Å². The normalized spacial score (nSPS) is 12.7. The van der Waals surface area contributed by atoms with Crippen LogP contribution in [0.2, 0.25) is 0 Å². The Labute approximate surface area is 188 Å². The van der Waals surface area contributed by atoms with E-state index >= 15 is 0 Å². The second-order valence-corrected chi connectivity index (χ2v) is 8.47. The molecule has 0 aromatic heterocycles. The van der Waals surface area contributed by atoms with Crippen molar-refractivity contribution >= 4 is 10.1 Å². The number of aliphatic hydroxyl groups excluding tert-OH is 1. The minimum absolute atomic E-state index is 0. The Kier molecular flexibility index (Phi) is 23.9. The van der Waals surface area contributed by atoms with Crippen molar-refractivity contribution in [1.29, 1.82) is 0 Å². The van der Waals surface area contributed by atoms with Gasteiger partial charge in [-0.1, -0.05) is 64.7 Å². The zero-order chi connectivity index (χ0) is 19.5. The van der Waals surface area contributed by atoms with Crippen LogP contribution in [0.5, 0.6) is 0 Å². The van der Waals surface area contributed by atoms with Crippen LogP contribution in [0.4, 0.5) is 0 Å². The SMILES string of the molecule is CCCCCCCCCCCC(CCS(=O)(=O)[O-])COCCOCCO.[Na+]. The van der Waals surface area contributed by atoms with Crippen LogP contribution in [0.1, 0.15) is 77.6 Å². The van der Waals surface area contributed by atoms with Crippen molar-refractivity contribution < 1.29 is 57.1 Å². The Morgan fingerprint density at radius 3 is 1.96 bits per heavy atom. The minimum Gasteiger partial charge on any atom is -0.748 e. The molecule has 0 rings (SSSR count). The first-order valence-corrected chi connectivity index (χ1v) is 11.8. The summed E-state index contributed by atoms with van der Waals surface area (Å²) in [6.45, 7) is 3.78. The van der Waals surface area contributed by atoms with Gasteiger partial charge in [-0.3, -0.25) is 0 Å². The van der Waals surface area contributed by atoms with E-state index in [2.05, 4.69) is 6.92 Å². The summed E-state index contributed by atoms with van der Waals surface area (Å²) in [6, 6.07) is 0. The van der Waals surface area contributed by atoms with Gasteiger partial charge in [0.2, 0.25) is 0 Å². The van der Waals surface area contributed by atoms with E-state index in [1.54, 1.807) is 0 Å². The molecule has 158 valence electrons. The monoisotopic (exact) mass is 418 g/mol. The fraction of sp³-hybridized carbons (Fsp3) is 1.00. The summed E-state index contributed by atoms with van der Waals surface area (Å²) in [6.07, 6.45) is 12.5. The molecule has 0 saturated heterocycles. The molecule has 0 aliphatic rings. The molecule has 27 heavy (non-hydrogen) atoms. The van der Waals surface area contributed by atoms with Crippen molar-refractivity contribution in [1.82, 2.24) is 0 Å². The van der Waals surface area contributed by atoms with E-state index in [4.69, 9.17) is 14.6 Å². The van der Waals surface area contributed by atoms with Gasteiger partial charge in [0.05, 0.1) is 36.5 Å². The van der Waals surface area contributed by atoms with Crippen molar-refractivity contribution in [2.45, 2.75) is 77.6 Å². The maximum absolute atomic E-state index is 10.9. The van der Waals surface area contributed by atoms with E-state index in [1.165, 1.54) is 44.9 Å². The largest absolute Gasteiger partial charge is 1.00 e. The number of ether oxygens (including phenoxy) is 2. The number of unbranched alkanes of at least 4 members (excludes halogenated alkanes) is 8. The van der Waals surface area contributed by atoms with Gasteiger partial charge in [0, 0.05) is 12.4 Å². The first-order chi connectivity index (χ1) is 12.5. The Bertz CT molecular complexity index is 392. The van der Waals surface area contributed by atoms with Crippen LogP contribution < -0.4 is 29.6 Å². The van der Waals surface area contributed by atoms with Gasteiger partial charge >= 0.3 is 29.6 Å². The maximum Gasteiger partial charge on any atom is 1.00 e. The first kappa shape index (κ1) is 30.0. The van der Waals surface area contributed by atoms with Crippen LogP contribution in [-0.2, 0) is 19.6 Å². The molecule has 1 N–H and O–H groups in total. The van der Waals surface area contributed by atoms with E-state index in [9.17, 15) is 13.0 Å². The molecule has 0 fully saturated rings. The summed E-state index contributed by atoms with van der Waals surface area (Å²) in [7, 11) is -4.17. The van der Waals surface area contributed by atoms with Crippen molar-refractivity contribution in [3.8, 4) is 0 Å². The summed E-state index contributed by atoms with van der Waals surface area (Å²) in [5.74, 6) is -0.222. The third kappa shape index (κ3) is 24.8. The molecule has 0 aliphatic carbocycles. The predicted molar refractivity (Wildman–Crippen MR) is 103 cm³/mol. The van der Waals surface area contributed by atoms with Gasteiger partial charge in [0.15, 0.2) is 0 Å². The van der Waals surface area contributed by atoms with Crippen molar-refractivity contribution in [3.63, 3.8) is 0 Å². The summed E-state index contributed by atoms with van der Waals surface area (Å²) in [5, 5.41) is 8.62. The van der Waals surface area contributed by atoms with Crippen LogP contribution in [0.15, 0.2) is 0 Å². The molecule has 0 spiro atoms. The zero-order valence-electron chi connectivity index (χ0n) is 17.5. The second-order valence-electron chi connectivity index (χ2n) is 6.94. The molecule has 0 aromatic rings. The Hall–Kier alpha value is 0.790. The average Bonchev–Trinajstić information content (AvgIpc) is 2.59. The van der Waals surface area contributed by atoms with Crippen LogP contribution in [0.3, 0.4) is 0 Å². The van der Waals surface area contributed by atoms with Crippen molar-refractivity contribution in [2.75, 3.05) is 38.8 Å². The Balaban J connectivity index is 0. The zero-order valence-corrected chi connectivity index (χ0v) is 20.3. The minimum atomic E-state index is -4.17. The first-order valence-electron chi connectivity index (χ1n) is 10.2. The van der Waals surface area contributed by atoms with Gasteiger partial charge in [0.1, 0.15) is 0 Å². The molecule has 6 nitrogen and oxygen atoms in total. The molecular weight excluding hydrogens is 379 g/mol. The van der Waals surface area contributed by atoms with E-state index in [-0.39, 0.29) is 47.8 Å². The molecule has 0 heterocycles. The second kappa shape index (κ2) is 21.5.